The molecule has 126 valence electrons. The van der Waals surface area contributed by atoms with Crippen molar-refractivity contribution in [1.29, 1.82) is 0 Å². The fourth-order valence-corrected chi connectivity index (χ4v) is 3.35. The van der Waals surface area contributed by atoms with Gasteiger partial charge < -0.3 is 16.2 Å². The lowest BCUT2D eigenvalue weighted by Gasteiger charge is -2.29. The van der Waals surface area contributed by atoms with E-state index in [0.717, 1.165) is 32.6 Å². The van der Waals surface area contributed by atoms with Crippen molar-refractivity contribution in [2.45, 2.75) is 6.23 Å². The van der Waals surface area contributed by atoms with Crippen LogP contribution in [-0.4, -0.2) is 21.2 Å². The van der Waals surface area contributed by atoms with E-state index in [9.17, 15) is 5.11 Å². The van der Waals surface area contributed by atoms with Gasteiger partial charge in [-0.05, 0) is 23.3 Å². The van der Waals surface area contributed by atoms with Gasteiger partial charge in [-0.25, -0.2) is 4.98 Å². The normalized spacial score (nSPS) is 16.5. The van der Waals surface area contributed by atoms with Crippen LogP contribution in [0, 0.1) is 0 Å². The van der Waals surface area contributed by atoms with Gasteiger partial charge in [-0.1, -0.05) is 58.4 Å². The molecule has 0 fully saturated rings. The largest absolute Gasteiger partial charge is 0.369 e. The number of anilines is 1. The third-order valence-corrected chi connectivity index (χ3v) is 4.86. The zero-order valence-electron chi connectivity index (χ0n) is 13.4. The number of aromatic nitrogens is 2. The Morgan fingerprint density at radius 1 is 1.08 bits per heavy atom. The number of hydrogen-bond donors (Lipinski definition) is 3. The van der Waals surface area contributed by atoms with E-state index < -0.39 is 6.23 Å². The number of fused-ring (bicyclic) bond motifs is 1. The number of hydrogen-bond acceptors (Lipinski definition) is 4. The Morgan fingerprint density at radius 2 is 1.80 bits per heavy atom. The molecule has 2 aromatic carbocycles. The second-order valence-electron chi connectivity index (χ2n) is 5.81. The number of nitrogens with two attached hydrogens (primary N) is 1. The highest BCUT2D eigenvalue weighted by atomic mass is 79.9. The van der Waals surface area contributed by atoms with Crippen LogP contribution < -0.4 is 11.1 Å². The molecule has 1 unspecified atom stereocenters. The van der Waals surface area contributed by atoms with Crippen molar-refractivity contribution in [2.75, 3.05) is 11.9 Å². The molecule has 0 saturated heterocycles. The monoisotopic (exact) mass is 396 g/mol. The lowest BCUT2D eigenvalue weighted by molar-refractivity contribution is 0.143. The summed E-state index contributed by atoms with van der Waals surface area (Å²) in [4.78, 5) is 4.46. The van der Waals surface area contributed by atoms with E-state index in [-0.39, 0.29) is 6.54 Å². The second kappa shape index (κ2) is 6.48. The van der Waals surface area contributed by atoms with E-state index in [2.05, 4.69) is 26.2 Å². The lowest BCUT2D eigenvalue weighted by atomic mass is 10.0. The zero-order valence-corrected chi connectivity index (χ0v) is 14.9. The molecule has 1 aliphatic rings. The van der Waals surface area contributed by atoms with Gasteiger partial charge in [0.25, 0.3) is 0 Å². The summed E-state index contributed by atoms with van der Waals surface area (Å²) >= 11 is 3.44. The Balaban J connectivity index is 1.81. The van der Waals surface area contributed by atoms with Gasteiger partial charge in [-0.3, -0.25) is 4.57 Å². The number of halogens is 1. The number of benzene rings is 2. The zero-order chi connectivity index (χ0) is 17.4. The minimum absolute atomic E-state index is 0.246. The molecule has 6 heteroatoms. The number of nitrogens with one attached hydrogen (secondary N) is 1. The second-order valence-corrected chi connectivity index (χ2v) is 6.73. The van der Waals surface area contributed by atoms with Crippen molar-refractivity contribution in [3.05, 3.63) is 76.4 Å². The fraction of sp³-hybridized carbons (Fsp3) is 0.105. The molecular formula is C19H17BrN4O. The van der Waals surface area contributed by atoms with Crippen LogP contribution in [0.1, 0.15) is 11.8 Å². The summed E-state index contributed by atoms with van der Waals surface area (Å²) in [5, 5.41) is 14.3. The smallest absolute Gasteiger partial charge is 0.210 e. The first-order valence-corrected chi connectivity index (χ1v) is 8.75. The van der Waals surface area contributed by atoms with Crippen LogP contribution >= 0.6 is 15.9 Å². The van der Waals surface area contributed by atoms with Gasteiger partial charge in [0.1, 0.15) is 0 Å². The molecule has 1 aliphatic heterocycles. The third kappa shape index (κ3) is 2.78. The molecule has 4 N–H and O–H groups in total. The van der Waals surface area contributed by atoms with Crippen molar-refractivity contribution in [3.8, 4) is 11.3 Å². The van der Waals surface area contributed by atoms with Crippen LogP contribution in [0.2, 0.25) is 0 Å². The van der Waals surface area contributed by atoms with E-state index in [4.69, 9.17) is 5.73 Å². The first kappa shape index (κ1) is 16.1. The third-order valence-electron chi connectivity index (χ3n) is 4.33. The molecule has 0 radical (unpaired) electrons. The van der Waals surface area contributed by atoms with Crippen LogP contribution in [0.25, 0.3) is 17.0 Å². The number of imidazole rings is 1. The number of aliphatic hydroxyl groups is 1. The maximum atomic E-state index is 11.0. The summed E-state index contributed by atoms with van der Waals surface area (Å²) in [5.41, 5.74) is 10.3. The van der Waals surface area contributed by atoms with Crippen LogP contribution in [0.5, 0.6) is 0 Å². The average Bonchev–Trinajstić information content (AvgIpc) is 3.07. The molecule has 4 rings (SSSR count). The SMILES string of the molecule is NCC1=C(c2ccccc2)Nc2ncc(-c3ccc(Br)cc3)n2C1O. The van der Waals surface area contributed by atoms with Crippen LogP contribution in [0.15, 0.2) is 70.8 Å². The fourth-order valence-electron chi connectivity index (χ4n) is 3.08. The van der Waals surface area contributed by atoms with E-state index >= 15 is 0 Å². The first-order chi connectivity index (χ1) is 12.2. The molecule has 5 nitrogen and oxygen atoms in total. The molecule has 2 heterocycles. The van der Waals surface area contributed by atoms with Gasteiger partial charge in [0.05, 0.1) is 17.6 Å². The van der Waals surface area contributed by atoms with Gasteiger partial charge in [0.15, 0.2) is 6.23 Å². The molecule has 0 spiro atoms. The topological polar surface area (TPSA) is 76.1 Å². The predicted molar refractivity (Wildman–Crippen MR) is 103 cm³/mol. The minimum Gasteiger partial charge on any atom is -0.369 e. The highest BCUT2D eigenvalue weighted by Crippen LogP contribution is 2.37. The first-order valence-electron chi connectivity index (χ1n) is 7.96. The van der Waals surface area contributed by atoms with Crippen molar-refractivity contribution in [3.63, 3.8) is 0 Å². The van der Waals surface area contributed by atoms with Crippen molar-refractivity contribution < 1.29 is 5.11 Å². The Labute approximate surface area is 154 Å². The molecule has 0 bridgehead atoms. The Hall–Kier alpha value is -2.41. The van der Waals surface area contributed by atoms with Gasteiger partial charge in [-0.2, -0.15) is 0 Å². The van der Waals surface area contributed by atoms with E-state index in [1.54, 1.807) is 10.8 Å². The molecule has 25 heavy (non-hydrogen) atoms. The Morgan fingerprint density at radius 3 is 2.48 bits per heavy atom. The molecule has 3 aromatic rings. The summed E-state index contributed by atoms with van der Waals surface area (Å²) in [5.74, 6) is 0.599. The average molecular weight is 397 g/mol. The lowest BCUT2D eigenvalue weighted by Crippen LogP contribution is -2.27. The van der Waals surface area contributed by atoms with Gasteiger partial charge in [-0.15, -0.1) is 0 Å². The molecular weight excluding hydrogens is 380 g/mol. The number of nitrogens with zero attached hydrogens (tertiary/aromatic N) is 2. The quantitative estimate of drug-likeness (QED) is 0.631. The molecule has 0 saturated carbocycles. The maximum absolute atomic E-state index is 11.0. The Bertz CT molecular complexity index is 932. The van der Waals surface area contributed by atoms with Gasteiger partial charge in [0, 0.05) is 16.6 Å². The Kier molecular flexibility index (Phi) is 4.17. The van der Waals surface area contributed by atoms with Gasteiger partial charge in [0.2, 0.25) is 5.95 Å². The van der Waals surface area contributed by atoms with Crippen molar-refractivity contribution in [1.82, 2.24) is 9.55 Å². The molecule has 0 aliphatic carbocycles. The number of rotatable bonds is 3. The summed E-state index contributed by atoms with van der Waals surface area (Å²) in [6.07, 6.45) is 0.897. The molecule has 1 aromatic heterocycles. The summed E-state index contributed by atoms with van der Waals surface area (Å²) in [7, 11) is 0. The summed E-state index contributed by atoms with van der Waals surface area (Å²) in [6.45, 7) is 0.246. The minimum atomic E-state index is -0.863. The maximum Gasteiger partial charge on any atom is 0.210 e. The van der Waals surface area contributed by atoms with E-state index in [1.165, 1.54) is 0 Å². The number of aliphatic hydroxyl groups excluding tert-OH is 1. The van der Waals surface area contributed by atoms with E-state index in [1.807, 2.05) is 54.6 Å². The van der Waals surface area contributed by atoms with Crippen LogP contribution in [0.4, 0.5) is 5.95 Å². The van der Waals surface area contributed by atoms with Crippen LogP contribution in [0.3, 0.4) is 0 Å². The highest BCUT2D eigenvalue weighted by molar-refractivity contribution is 9.10. The van der Waals surface area contributed by atoms with Crippen LogP contribution in [-0.2, 0) is 0 Å². The highest BCUT2D eigenvalue weighted by Gasteiger charge is 2.29. The molecule has 0 amide bonds. The predicted octanol–water partition coefficient (Wildman–Crippen LogP) is 3.60. The molecule has 1 atom stereocenters. The summed E-state index contributed by atoms with van der Waals surface area (Å²) in [6, 6.07) is 17.7. The van der Waals surface area contributed by atoms with Crippen molar-refractivity contribution in [2.24, 2.45) is 5.73 Å². The standard InChI is InChI=1S/C19H17BrN4O/c20-14-8-6-12(7-9-14)16-11-22-19-23-17(13-4-2-1-3-5-13)15(10-21)18(25)24(16)19/h1-9,11,18,25H,10,21H2,(H,22,23). The van der Waals surface area contributed by atoms with Crippen molar-refractivity contribution >= 4 is 27.6 Å². The van der Waals surface area contributed by atoms with Gasteiger partial charge >= 0.3 is 0 Å². The van der Waals surface area contributed by atoms with E-state index in [0.29, 0.717) is 5.95 Å². The summed E-state index contributed by atoms with van der Waals surface area (Å²) < 4.78 is 2.78.